The minimum atomic E-state index is 0.735. The first-order valence-electron chi connectivity index (χ1n) is 7.27. The lowest BCUT2D eigenvalue weighted by molar-refractivity contribution is 0.549. The SMILES string of the molecule is CC(C)Cc1ccc(NCCC2CCNC2)cc1. The highest BCUT2D eigenvalue weighted by Crippen LogP contribution is 2.15. The molecule has 1 aliphatic heterocycles. The van der Waals surface area contributed by atoms with Crippen molar-refractivity contribution in [2.75, 3.05) is 25.0 Å². The van der Waals surface area contributed by atoms with E-state index in [1.54, 1.807) is 0 Å². The zero-order chi connectivity index (χ0) is 12.8. The first kappa shape index (κ1) is 13.4. The molecule has 1 aromatic rings. The Hall–Kier alpha value is -1.02. The average molecular weight is 246 g/mol. The Balaban J connectivity index is 1.72. The zero-order valence-electron chi connectivity index (χ0n) is 11.7. The lowest BCUT2D eigenvalue weighted by Gasteiger charge is -2.11. The summed E-state index contributed by atoms with van der Waals surface area (Å²) in [6, 6.07) is 8.92. The molecule has 0 aliphatic carbocycles. The number of hydrogen-bond donors (Lipinski definition) is 2. The Morgan fingerprint density at radius 2 is 2.06 bits per heavy atom. The van der Waals surface area contributed by atoms with Crippen LogP contribution in [0.3, 0.4) is 0 Å². The summed E-state index contributed by atoms with van der Waals surface area (Å²) in [6.07, 6.45) is 3.80. The number of anilines is 1. The second-order valence-corrected chi connectivity index (χ2v) is 5.87. The number of benzene rings is 1. The van der Waals surface area contributed by atoms with E-state index >= 15 is 0 Å². The topological polar surface area (TPSA) is 24.1 Å². The summed E-state index contributed by atoms with van der Waals surface area (Å²) >= 11 is 0. The second kappa shape index (κ2) is 6.79. The van der Waals surface area contributed by atoms with E-state index < -0.39 is 0 Å². The lowest BCUT2D eigenvalue weighted by Crippen LogP contribution is -2.12. The van der Waals surface area contributed by atoms with Gasteiger partial charge in [0.2, 0.25) is 0 Å². The van der Waals surface area contributed by atoms with Gasteiger partial charge < -0.3 is 10.6 Å². The van der Waals surface area contributed by atoms with Crippen molar-refractivity contribution in [1.29, 1.82) is 0 Å². The Kier molecular flexibility index (Phi) is 5.06. The lowest BCUT2D eigenvalue weighted by atomic mass is 10.0. The molecule has 1 unspecified atom stereocenters. The highest BCUT2D eigenvalue weighted by Gasteiger charge is 2.13. The maximum atomic E-state index is 3.52. The third-order valence-corrected chi connectivity index (χ3v) is 3.64. The van der Waals surface area contributed by atoms with Crippen molar-refractivity contribution in [1.82, 2.24) is 5.32 Å². The van der Waals surface area contributed by atoms with Crippen LogP contribution in [0.5, 0.6) is 0 Å². The summed E-state index contributed by atoms with van der Waals surface area (Å²) in [7, 11) is 0. The van der Waals surface area contributed by atoms with Gasteiger partial charge in [-0.25, -0.2) is 0 Å². The molecule has 0 saturated carbocycles. The Bertz CT molecular complexity index is 337. The summed E-state index contributed by atoms with van der Waals surface area (Å²) in [6.45, 7) is 8.03. The minimum Gasteiger partial charge on any atom is -0.385 e. The summed E-state index contributed by atoms with van der Waals surface area (Å²) in [4.78, 5) is 0. The molecule has 1 aromatic carbocycles. The molecule has 0 bridgehead atoms. The Morgan fingerprint density at radius 1 is 1.28 bits per heavy atom. The van der Waals surface area contributed by atoms with Crippen LogP contribution in [-0.4, -0.2) is 19.6 Å². The minimum absolute atomic E-state index is 0.735. The van der Waals surface area contributed by atoms with Crippen LogP contribution in [0.4, 0.5) is 5.69 Å². The fourth-order valence-electron chi connectivity index (χ4n) is 2.61. The summed E-state index contributed by atoms with van der Waals surface area (Å²) in [5.41, 5.74) is 2.70. The Labute approximate surface area is 111 Å². The quantitative estimate of drug-likeness (QED) is 0.805. The normalized spacial score (nSPS) is 19.4. The molecule has 0 aromatic heterocycles. The van der Waals surface area contributed by atoms with Crippen molar-refractivity contribution in [3.05, 3.63) is 29.8 Å². The second-order valence-electron chi connectivity index (χ2n) is 5.87. The fourth-order valence-corrected chi connectivity index (χ4v) is 2.61. The van der Waals surface area contributed by atoms with E-state index in [4.69, 9.17) is 0 Å². The molecule has 0 radical (unpaired) electrons. The molecular weight excluding hydrogens is 220 g/mol. The molecule has 18 heavy (non-hydrogen) atoms. The smallest absolute Gasteiger partial charge is 0.0340 e. The number of hydrogen-bond acceptors (Lipinski definition) is 2. The van der Waals surface area contributed by atoms with Gasteiger partial charge in [0, 0.05) is 12.2 Å². The van der Waals surface area contributed by atoms with Gasteiger partial charge in [0.15, 0.2) is 0 Å². The molecule has 1 fully saturated rings. The first-order chi connectivity index (χ1) is 8.74. The standard InChI is InChI=1S/C16H26N2/c1-13(2)11-14-3-5-16(6-4-14)18-10-8-15-7-9-17-12-15/h3-6,13,15,17-18H,7-12H2,1-2H3. The molecule has 100 valence electrons. The van der Waals surface area contributed by atoms with Crippen LogP contribution in [-0.2, 0) is 6.42 Å². The van der Waals surface area contributed by atoms with Gasteiger partial charge in [-0.15, -0.1) is 0 Å². The Morgan fingerprint density at radius 3 is 2.67 bits per heavy atom. The van der Waals surface area contributed by atoms with Gasteiger partial charge in [0.05, 0.1) is 0 Å². The molecule has 0 amide bonds. The van der Waals surface area contributed by atoms with Crippen molar-refractivity contribution in [2.24, 2.45) is 11.8 Å². The summed E-state index contributed by atoms with van der Waals surface area (Å²) in [5, 5.41) is 6.94. The van der Waals surface area contributed by atoms with Gasteiger partial charge in [-0.1, -0.05) is 26.0 Å². The third kappa shape index (κ3) is 4.34. The van der Waals surface area contributed by atoms with Crippen LogP contribution >= 0.6 is 0 Å². The van der Waals surface area contributed by atoms with Crippen molar-refractivity contribution in [3.63, 3.8) is 0 Å². The van der Waals surface area contributed by atoms with Crippen LogP contribution in [0.2, 0.25) is 0 Å². The van der Waals surface area contributed by atoms with Crippen LogP contribution in [0.25, 0.3) is 0 Å². The van der Waals surface area contributed by atoms with E-state index in [0.717, 1.165) is 18.4 Å². The van der Waals surface area contributed by atoms with Gasteiger partial charge in [0.25, 0.3) is 0 Å². The molecular formula is C16H26N2. The van der Waals surface area contributed by atoms with Crippen molar-refractivity contribution in [3.8, 4) is 0 Å². The van der Waals surface area contributed by atoms with E-state index in [2.05, 4.69) is 48.7 Å². The zero-order valence-corrected chi connectivity index (χ0v) is 11.7. The van der Waals surface area contributed by atoms with E-state index in [1.807, 2.05) is 0 Å². The molecule has 2 N–H and O–H groups in total. The van der Waals surface area contributed by atoms with Crippen molar-refractivity contribution < 1.29 is 0 Å². The van der Waals surface area contributed by atoms with Gasteiger partial charge in [-0.3, -0.25) is 0 Å². The number of nitrogens with one attached hydrogen (secondary N) is 2. The van der Waals surface area contributed by atoms with E-state index in [9.17, 15) is 0 Å². The van der Waals surface area contributed by atoms with Gasteiger partial charge in [-0.2, -0.15) is 0 Å². The molecule has 1 saturated heterocycles. The predicted octanol–water partition coefficient (Wildman–Crippen LogP) is 3.30. The maximum Gasteiger partial charge on any atom is 0.0340 e. The van der Waals surface area contributed by atoms with Crippen LogP contribution < -0.4 is 10.6 Å². The molecule has 1 atom stereocenters. The molecule has 1 aliphatic rings. The highest BCUT2D eigenvalue weighted by molar-refractivity contribution is 5.44. The molecule has 2 heteroatoms. The van der Waals surface area contributed by atoms with Gasteiger partial charge in [-0.05, 0) is 61.9 Å². The van der Waals surface area contributed by atoms with Crippen molar-refractivity contribution in [2.45, 2.75) is 33.1 Å². The van der Waals surface area contributed by atoms with Crippen LogP contribution in [0, 0.1) is 11.8 Å². The fraction of sp³-hybridized carbons (Fsp3) is 0.625. The van der Waals surface area contributed by atoms with Gasteiger partial charge in [0.1, 0.15) is 0 Å². The van der Waals surface area contributed by atoms with E-state index in [0.29, 0.717) is 0 Å². The predicted molar refractivity (Wildman–Crippen MR) is 79.1 cm³/mol. The molecule has 2 nitrogen and oxygen atoms in total. The highest BCUT2D eigenvalue weighted by atomic mass is 14.9. The van der Waals surface area contributed by atoms with Crippen LogP contribution in [0.1, 0.15) is 32.3 Å². The monoisotopic (exact) mass is 246 g/mol. The van der Waals surface area contributed by atoms with Crippen LogP contribution in [0.15, 0.2) is 24.3 Å². The summed E-state index contributed by atoms with van der Waals surface area (Å²) < 4.78 is 0. The van der Waals surface area contributed by atoms with E-state index in [1.165, 1.54) is 43.6 Å². The largest absolute Gasteiger partial charge is 0.385 e. The molecule has 1 heterocycles. The number of rotatable bonds is 6. The third-order valence-electron chi connectivity index (χ3n) is 3.64. The molecule has 0 spiro atoms. The van der Waals surface area contributed by atoms with Gasteiger partial charge >= 0.3 is 0 Å². The van der Waals surface area contributed by atoms with Crippen molar-refractivity contribution >= 4 is 5.69 Å². The first-order valence-corrected chi connectivity index (χ1v) is 7.27. The maximum absolute atomic E-state index is 3.52. The average Bonchev–Trinajstić information content (AvgIpc) is 2.84. The summed E-state index contributed by atoms with van der Waals surface area (Å²) in [5.74, 6) is 1.61. The molecule has 2 rings (SSSR count). The van der Waals surface area contributed by atoms with E-state index in [-0.39, 0.29) is 0 Å².